The molecule has 0 unspecified atom stereocenters. The topological polar surface area (TPSA) is 46.2 Å². The number of aromatic hydroxyl groups is 1. The highest BCUT2D eigenvalue weighted by Gasteiger charge is 2.14. The van der Waals surface area contributed by atoms with E-state index >= 15 is 0 Å². The molecule has 1 aromatic rings. The fourth-order valence-corrected chi connectivity index (χ4v) is 1.55. The van der Waals surface area contributed by atoms with Crippen LogP contribution in [0.15, 0.2) is 12.1 Å². The molecule has 0 saturated carbocycles. The van der Waals surface area contributed by atoms with E-state index in [1.165, 1.54) is 6.07 Å². The van der Waals surface area contributed by atoms with Crippen LogP contribution in [0.1, 0.15) is 31.4 Å². The summed E-state index contributed by atoms with van der Waals surface area (Å²) in [5.74, 6) is -1.12. The highest BCUT2D eigenvalue weighted by molar-refractivity contribution is 6.30. The lowest BCUT2D eigenvalue weighted by atomic mass is 10.0. The Morgan fingerprint density at radius 1 is 1.53 bits per heavy atom. The summed E-state index contributed by atoms with van der Waals surface area (Å²) in [6.07, 6.45) is 1.56. The van der Waals surface area contributed by atoms with Gasteiger partial charge in [-0.1, -0.05) is 24.9 Å². The smallest absolute Gasteiger partial charge is 0.166 e. The number of rotatable bonds is 3. The van der Waals surface area contributed by atoms with Crippen molar-refractivity contribution in [1.29, 1.82) is 0 Å². The summed E-state index contributed by atoms with van der Waals surface area (Å²) >= 11 is 5.66. The average molecular weight is 254 g/mol. The maximum Gasteiger partial charge on any atom is 0.166 e. The largest absolute Gasteiger partial charge is 0.505 e. The van der Waals surface area contributed by atoms with Gasteiger partial charge in [0, 0.05) is 16.6 Å². The van der Waals surface area contributed by atoms with Crippen molar-refractivity contribution in [2.24, 2.45) is 5.73 Å². The predicted molar refractivity (Wildman–Crippen MR) is 62.2 cm³/mol. The minimum Gasteiger partial charge on any atom is -0.505 e. The van der Waals surface area contributed by atoms with Crippen molar-refractivity contribution in [2.45, 2.75) is 25.8 Å². The summed E-state index contributed by atoms with van der Waals surface area (Å²) in [6.45, 7) is 1.97. The number of halogens is 3. The van der Waals surface area contributed by atoms with Gasteiger partial charge in [-0.25, -0.2) is 4.39 Å². The van der Waals surface area contributed by atoms with E-state index < -0.39 is 11.6 Å². The highest BCUT2D eigenvalue weighted by atomic mass is 35.5. The van der Waals surface area contributed by atoms with E-state index in [0.29, 0.717) is 12.0 Å². The molecule has 3 N–H and O–H groups in total. The van der Waals surface area contributed by atoms with Crippen LogP contribution in [0.2, 0.25) is 5.02 Å². The summed E-state index contributed by atoms with van der Waals surface area (Å²) < 4.78 is 13.1. The molecule has 0 amide bonds. The molecule has 1 aromatic carbocycles. The van der Waals surface area contributed by atoms with Gasteiger partial charge in [0.25, 0.3) is 0 Å². The second-order valence-electron chi connectivity index (χ2n) is 3.22. The Kier molecular flexibility index (Phi) is 5.95. The number of phenols is 1. The van der Waals surface area contributed by atoms with Gasteiger partial charge in [-0.2, -0.15) is 0 Å². The summed E-state index contributed by atoms with van der Waals surface area (Å²) in [4.78, 5) is 0. The van der Waals surface area contributed by atoms with Crippen molar-refractivity contribution in [2.75, 3.05) is 0 Å². The van der Waals surface area contributed by atoms with Crippen molar-refractivity contribution in [3.8, 4) is 5.75 Å². The molecule has 1 rings (SSSR count). The monoisotopic (exact) mass is 253 g/mol. The molecule has 0 aliphatic heterocycles. The third kappa shape index (κ3) is 3.52. The molecular weight excluding hydrogens is 240 g/mol. The van der Waals surface area contributed by atoms with Gasteiger partial charge >= 0.3 is 0 Å². The molecule has 0 aliphatic carbocycles. The Morgan fingerprint density at radius 2 is 2.13 bits per heavy atom. The second-order valence-corrected chi connectivity index (χ2v) is 3.66. The van der Waals surface area contributed by atoms with Crippen LogP contribution in [0.5, 0.6) is 5.75 Å². The van der Waals surface area contributed by atoms with E-state index in [1.54, 1.807) is 0 Å². The minimum absolute atomic E-state index is 0. The normalized spacial score (nSPS) is 12.0. The first-order valence-corrected chi connectivity index (χ1v) is 4.87. The van der Waals surface area contributed by atoms with Crippen molar-refractivity contribution in [1.82, 2.24) is 0 Å². The van der Waals surface area contributed by atoms with Crippen molar-refractivity contribution in [3.63, 3.8) is 0 Å². The highest BCUT2D eigenvalue weighted by Crippen LogP contribution is 2.31. The number of hydrogen-bond acceptors (Lipinski definition) is 2. The van der Waals surface area contributed by atoms with Gasteiger partial charge in [0.05, 0.1) is 0 Å². The van der Waals surface area contributed by atoms with Crippen molar-refractivity contribution in [3.05, 3.63) is 28.5 Å². The Morgan fingerprint density at radius 3 is 2.67 bits per heavy atom. The lowest BCUT2D eigenvalue weighted by molar-refractivity contribution is 0.418. The van der Waals surface area contributed by atoms with Crippen LogP contribution in [0, 0.1) is 5.82 Å². The van der Waals surface area contributed by atoms with Crippen LogP contribution in [-0.4, -0.2) is 5.11 Å². The molecule has 0 aliphatic rings. The van der Waals surface area contributed by atoms with E-state index in [9.17, 15) is 9.50 Å². The molecule has 0 aromatic heterocycles. The molecule has 0 bridgehead atoms. The molecule has 0 fully saturated rings. The van der Waals surface area contributed by atoms with Crippen LogP contribution in [0.3, 0.4) is 0 Å². The third-order valence-electron chi connectivity index (χ3n) is 2.06. The fourth-order valence-electron chi connectivity index (χ4n) is 1.34. The Bertz CT molecular complexity index is 333. The van der Waals surface area contributed by atoms with E-state index in [4.69, 9.17) is 17.3 Å². The molecule has 0 spiro atoms. The Balaban J connectivity index is 0.00000196. The first-order valence-electron chi connectivity index (χ1n) is 4.49. The van der Waals surface area contributed by atoms with Crippen LogP contribution in [-0.2, 0) is 0 Å². The van der Waals surface area contributed by atoms with E-state index in [1.807, 2.05) is 6.92 Å². The van der Waals surface area contributed by atoms with Gasteiger partial charge < -0.3 is 10.8 Å². The first kappa shape index (κ1) is 14.5. The number of benzene rings is 1. The summed E-state index contributed by atoms with van der Waals surface area (Å²) in [6, 6.07) is 2.20. The van der Waals surface area contributed by atoms with Crippen molar-refractivity contribution >= 4 is 24.0 Å². The zero-order valence-electron chi connectivity index (χ0n) is 8.34. The van der Waals surface area contributed by atoms with E-state index in [2.05, 4.69) is 0 Å². The molecule has 15 heavy (non-hydrogen) atoms. The second kappa shape index (κ2) is 6.16. The van der Waals surface area contributed by atoms with Crippen LogP contribution in [0.25, 0.3) is 0 Å². The standard InChI is InChI=1S/C10H13ClFNO.ClH/c1-2-3-9(13)7-4-6(11)5-8(12)10(7)14;/h4-5,9,14H,2-3,13H2,1H3;1H/t9-;/m1./s1. The summed E-state index contributed by atoms with van der Waals surface area (Å²) in [7, 11) is 0. The van der Waals surface area contributed by atoms with Crippen LogP contribution >= 0.6 is 24.0 Å². The lowest BCUT2D eigenvalue weighted by Crippen LogP contribution is -2.10. The molecule has 5 heteroatoms. The SMILES string of the molecule is CCC[C@@H](N)c1cc(Cl)cc(F)c1O.Cl. The maximum atomic E-state index is 13.1. The molecule has 0 radical (unpaired) electrons. The number of phenolic OH excluding ortho intramolecular Hbond substituents is 1. The van der Waals surface area contributed by atoms with Gasteiger partial charge in [-0.05, 0) is 18.6 Å². The number of hydrogen-bond donors (Lipinski definition) is 2. The molecule has 2 nitrogen and oxygen atoms in total. The summed E-state index contributed by atoms with van der Waals surface area (Å²) in [5, 5.41) is 9.66. The zero-order valence-corrected chi connectivity index (χ0v) is 9.91. The Hall–Kier alpha value is -0.510. The van der Waals surface area contributed by atoms with Gasteiger partial charge in [0.15, 0.2) is 11.6 Å². The van der Waals surface area contributed by atoms with E-state index in [0.717, 1.165) is 12.5 Å². The quantitative estimate of drug-likeness (QED) is 0.868. The maximum absolute atomic E-state index is 13.1. The minimum atomic E-state index is -0.723. The predicted octanol–water partition coefficient (Wildman–Crippen LogP) is 3.41. The van der Waals surface area contributed by atoms with E-state index in [-0.39, 0.29) is 23.5 Å². The molecule has 0 saturated heterocycles. The van der Waals surface area contributed by atoms with Crippen LogP contribution < -0.4 is 5.73 Å². The number of nitrogens with two attached hydrogens (primary N) is 1. The summed E-state index contributed by atoms with van der Waals surface area (Å²) in [5.41, 5.74) is 6.13. The van der Waals surface area contributed by atoms with Crippen molar-refractivity contribution < 1.29 is 9.50 Å². The van der Waals surface area contributed by atoms with Gasteiger partial charge in [-0.15, -0.1) is 12.4 Å². The third-order valence-corrected chi connectivity index (χ3v) is 2.28. The molecule has 1 atom stereocenters. The van der Waals surface area contributed by atoms with Gasteiger partial charge in [0.2, 0.25) is 0 Å². The molecule has 0 heterocycles. The van der Waals surface area contributed by atoms with Gasteiger partial charge in [-0.3, -0.25) is 0 Å². The lowest BCUT2D eigenvalue weighted by Gasteiger charge is -2.13. The Labute approximate surface area is 99.6 Å². The van der Waals surface area contributed by atoms with Crippen LogP contribution in [0.4, 0.5) is 4.39 Å². The van der Waals surface area contributed by atoms with Gasteiger partial charge in [0.1, 0.15) is 0 Å². The zero-order chi connectivity index (χ0) is 10.7. The average Bonchev–Trinajstić information content (AvgIpc) is 2.11. The fraction of sp³-hybridized carbons (Fsp3) is 0.400. The molecule has 86 valence electrons. The first-order chi connectivity index (χ1) is 6.56. The molecular formula is C10H14Cl2FNO.